The van der Waals surface area contributed by atoms with Crippen LogP contribution in [0.25, 0.3) is 0 Å². The molecule has 1 rings (SSSR count). The summed E-state index contributed by atoms with van der Waals surface area (Å²) in [4.78, 5) is 0. The molecule has 4 heteroatoms. The topological polar surface area (TPSA) is 34.1 Å². The van der Waals surface area contributed by atoms with Crippen molar-refractivity contribution in [3.05, 3.63) is 0 Å². The van der Waals surface area contributed by atoms with Gasteiger partial charge in [0.2, 0.25) is 0 Å². The van der Waals surface area contributed by atoms with Crippen molar-refractivity contribution in [3.63, 3.8) is 0 Å². The standard InChI is InChI=1S/C10H19FO2S/c1-3-9-6-5-7-14(12,13)8-10(9,11)4-2/h9H,3-8H2,1-2H3. The first-order chi connectivity index (χ1) is 6.43. The van der Waals surface area contributed by atoms with E-state index >= 15 is 0 Å². The molecule has 0 N–H and O–H groups in total. The number of sulfone groups is 1. The molecule has 1 fully saturated rings. The van der Waals surface area contributed by atoms with Gasteiger partial charge in [-0.05, 0) is 25.2 Å². The van der Waals surface area contributed by atoms with Gasteiger partial charge in [-0.1, -0.05) is 20.3 Å². The first-order valence-corrected chi connectivity index (χ1v) is 7.15. The summed E-state index contributed by atoms with van der Waals surface area (Å²) in [6, 6.07) is 0. The predicted molar refractivity (Wildman–Crippen MR) is 55.8 cm³/mol. The van der Waals surface area contributed by atoms with Crippen LogP contribution in [-0.2, 0) is 9.84 Å². The molecule has 1 aliphatic rings. The molecule has 0 aromatic carbocycles. The molecule has 1 heterocycles. The van der Waals surface area contributed by atoms with Gasteiger partial charge in [-0.2, -0.15) is 0 Å². The fraction of sp³-hybridized carbons (Fsp3) is 1.00. The van der Waals surface area contributed by atoms with E-state index in [1.165, 1.54) is 0 Å². The summed E-state index contributed by atoms with van der Waals surface area (Å²) in [5, 5.41) is 0. The van der Waals surface area contributed by atoms with Crippen LogP contribution in [-0.4, -0.2) is 25.6 Å². The highest BCUT2D eigenvalue weighted by Crippen LogP contribution is 2.36. The van der Waals surface area contributed by atoms with Crippen LogP contribution in [0, 0.1) is 5.92 Å². The fourth-order valence-corrected chi connectivity index (χ4v) is 4.25. The van der Waals surface area contributed by atoms with Crippen molar-refractivity contribution in [2.24, 2.45) is 5.92 Å². The summed E-state index contributed by atoms with van der Waals surface area (Å²) in [7, 11) is -3.16. The van der Waals surface area contributed by atoms with Crippen molar-refractivity contribution in [1.82, 2.24) is 0 Å². The second-order valence-electron chi connectivity index (χ2n) is 4.23. The second-order valence-corrected chi connectivity index (χ2v) is 6.41. The van der Waals surface area contributed by atoms with E-state index in [-0.39, 0.29) is 17.4 Å². The van der Waals surface area contributed by atoms with Crippen molar-refractivity contribution in [2.45, 2.75) is 45.2 Å². The average molecular weight is 222 g/mol. The molecule has 2 atom stereocenters. The molecule has 84 valence electrons. The van der Waals surface area contributed by atoms with E-state index in [2.05, 4.69) is 0 Å². The van der Waals surface area contributed by atoms with Crippen molar-refractivity contribution in [1.29, 1.82) is 0 Å². The number of alkyl halides is 1. The molecule has 0 amide bonds. The van der Waals surface area contributed by atoms with Crippen LogP contribution in [0.15, 0.2) is 0 Å². The molecule has 0 aliphatic carbocycles. The Kier molecular flexibility index (Phi) is 3.56. The minimum atomic E-state index is -3.16. The maximum absolute atomic E-state index is 14.3. The number of halogens is 1. The van der Waals surface area contributed by atoms with Crippen molar-refractivity contribution in [3.8, 4) is 0 Å². The Hall–Kier alpha value is -0.120. The van der Waals surface area contributed by atoms with Gasteiger partial charge < -0.3 is 0 Å². The third-order valence-electron chi connectivity index (χ3n) is 3.28. The molecule has 0 radical (unpaired) electrons. The van der Waals surface area contributed by atoms with E-state index in [9.17, 15) is 12.8 Å². The van der Waals surface area contributed by atoms with E-state index in [0.717, 1.165) is 6.42 Å². The highest BCUT2D eigenvalue weighted by molar-refractivity contribution is 7.91. The monoisotopic (exact) mass is 222 g/mol. The maximum Gasteiger partial charge on any atom is 0.153 e. The van der Waals surface area contributed by atoms with Gasteiger partial charge in [-0.25, -0.2) is 12.8 Å². The number of hydrogen-bond donors (Lipinski definition) is 0. The molecule has 2 nitrogen and oxygen atoms in total. The number of hydrogen-bond acceptors (Lipinski definition) is 2. The molecule has 0 saturated carbocycles. The average Bonchev–Trinajstić information content (AvgIpc) is 2.21. The van der Waals surface area contributed by atoms with Gasteiger partial charge in [0.1, 0.15) is 5.67 Å². The van der Waals surface area contributed by atoms with Gasteiger partial charge in [0.05, 0.1) is 11.5 Å². The van der Waals surface area contributed by atoms with Gasteiger partial charge in [0.15, 0.2) is 9.84 Å². The van der Waals surface area contributed by atoms with Crippen LogP contribution in [0.3, 0.4) is 0 Å². The van der Waals surface area contributed by atoms with Crippen molar-refractivity contribution in [2.75, 3.05) is 11.5 Å². The summed E-state index contributed by atoms with van der Waals surface area (Å²) in [5.74, 6) is -0.186. The molecule has 0 bridgehead atoms. The molecule has 14 heavy (non-hydrogen) atoms. The SMILES string of the molecule is CCC1CCCS(=O)(=O)CC1(F)CC. The van der Waals surface area contributed by atoms with Crippen LogP contribution in [0.1, 0.15) is 39.5 Å². The third-order valence-corrected chi connectivity index (χ3v) is 5.11. The summed E-state index contributed by atoms with van der Waals surface area (Å²) in [6.07, 6.45) is 2.37. The molecule has 0 spiro atoms. The van der Waals surface area contributed by atoms with Crippen LogP contribution in [0.4, 0.5) is 4.39 Å². The van der Waals surface area contributed by atoms with Crippen LogP contribution in [0.2, 0.25) is 0 Å². The van der Waals surface area contributed by atoms with Crippen LogP contribution in [0.5, 0.6) is 0 Å². The highest BCUT2D eigenvalue weighted by atomic mass is 32.2. The molecule has 0 aromatic rings. The summed E-state index contributed by atoms with van der Waals surface area (Å²) >= 11 is 0. The lowest BCUT2D eigenvalue weighted by Crippen LogP contribution is -2.38. The quantitative estimate of drug-likeness (QED) is 0.718. The van der Waals surface area contributed by atoms with Gasteiger partial charge >= 0.3 is 0 Å². The Morgan fingerprint density at radius 1 is 1.43 bits per heavy atom. The second kappa shape index (κ2) is 4.17. The lowest BCUT2D eigenvalue weighted by atomic mass is 9.83. The van der Waals surface area contributed by atoms with E-state index in [4.69, 9.17) is 0 Å². The minimum absolute atomic E-state index is 0.0789. The zero-order valence-corrected chi connectivity index (χ0v) is 9.74. The molecule has 1 saturated heterocycles. The van der Waals surface area contributed by atoms with Crippen molar-refractivity contribution >= 4 is 9.84 Å². The molecule has 0 aromatic heterocycles. The van der Waals surface area contributed by atoms with E-state index in [0.29, 0.717) is 19.3 Å². The van der Waals surface area contributed by atoms with E-state index in [1.807, 2.05) is 6.92 Å². The van der Waals surface area contributed by atoms with E-state index in [1.54, 1.807) is 6.92 Å². The summed E-state index contributed by atoms with van der Waals surface area (Å²) in [6.45, 7) is 3.68. The van der Waals surface area contributed by atoms with Gasteiger partial charge in [-0.3, -0.25) is 0 Å². The van der Waals surface area contributed by atoms with Crippen LogP contribution >= 0.6 is 0 Å². The molecule has 2 unspecified atom stereocenters. The Morgan fingerprint density at radius 2 is 2.07 bits per heavy atom. The van der Waals surface area contributed by atoms with Gasteiger partial charge in [-0.15, -0.1) is 0 Å². The Morgan fingerprint density at radius 3 is 2.57 bits per heavy atom. The summed E-state index contributed by atoms with van der Waals surface area (Å²) in [5.41, 5.74) is -1.48. The zero-order chi connectivity index (χ0) is 10.8. The lowest BCUT2D eigenvalue weighted by Gasteiger charge is -2.29. The fourth-order valence-electron chi connectivity index (χ4n) is 2.32. The third kappa shape index (κ3) is 2.47. The Bertz CT molecular complexity index is 286. The lowest BCUT2D eigenvalue weighted by molar-refractivity contribution is 0.0938. The molecule has 1 aliphatic heterocycles. The van der Waals surface area contributed by atoms with E-state index < -0.39 is 15.5 Å². The van der Waals surface area contributed by atoms with Crippen molar-refractivity contribution < 1.29 is 12.8 Å². The number of rotatable bonds is 2. The first-order valence-electron chi connectivity index (χ1n) is 5.33. The minimum Gasteiger partial charge on any atom is -0.242 e. The van der Waals surface area contributed by atoms with Gasteiger partial charge in [0.25, 0.3) is 0 Å². The maximum atomic E-state index is 14.3. The first kappa shape index (κ1) is 12.0. The Balaban J connectivity index is 2.94. The summed E-state index contributed by atoms with van der Waals surface area (Å²) < 4.78 is 37.3. The Labute approximate surface area is 85.8 Å². The van der Waals surface area contributed by atoms with Crippen LogP contribution < -0.4 is 0 Å². The van der Waals surface area contributed by atoms with Gasteiger partial charge in [0, 0.05) is 0 Å². The normalized spacial score (nSPS) is 37.8. The zero-order valence-electron chi connectivity index (χ0n) is 8.92. The predicted octanol–water partition coefficient (Wildman–Crippen LogP) is 2.34. The molecular weight excluding hydrogens is 203 g/mol. The smallest absolute Gasteiger partial charge is 0.153 e. The molecular formula is C10H19FO2S. The largest absolute Gasteiger partial charge is 0.242 e. The highest BCUT2D eigenvalue weighted by Gasteiger charge is 2.42.